The molecule has 0 aromatic carbocycles. The molecule has 0 aliphatic rings. The van der Waals surface area contributed by atoms with E-state index in [0.29, 0.717) is 31.3 Å². The molecule has 0 saturated heterocycles. The first-order chi connectivity index (χ1) is 6.77. The second-order valence-corrected chi connectivity index (χ2v) is 4.70. The summed E-state index contributed by atoms with van der Waals surface area (Å²) in [7, 11) is 1.67. The van der Waals surface area contributed by atoms with Crippen LogP contribution in [-0.2, 0) is 14.2 Å². The number of methoxy groups -OCH3 is 1. The van der Waals surface area contributed by atoms with Crippen LogP contribution in [0.3, 0.4) is 0 Å². The SMILES string of the molecule is COCCOCCOCCCC(C)Br. The molecule has 0 aromatic rings. The molecular formula is C10H21BrO3. The topological polar surface area (TPSA) is 27.7 Å². The summed E-state index contributed by atoms with van der Waals surface area (Å²) in [5.74, 6) is 0. The lowest BCUT2D eigenvalue weighted by molar-refractivity contribution is 0.0241. The molecule has 0 N–H and O–H groups in total. The van der Waals surface area contributed by atoms with Crippen molar-refractivity contribution in [2.45, 2.75) is 24.6 Å². The van der Waals surface area contributed by atoms with Gasteiger partial charge in [-0.3, -0.25) is 0 Å². The second kappa shape index (κ2) is 11.4. The van der Waals surface area contributed by atoms with Gasteiger partial charge in [0.05, 0.1) is 26.4 Å². The lowest BCUT2D eigenvalue weighted by atomic mass is 10.3. The van der Waals surface area contributed by atoms with Crippen LogP contribution < -0.4 is 0 Å². The van der Waals surface area contributed by atoms with E-state index in [1.54, 1.807) is 7.11 Å². The van der Waals surface area contributed by atoms with Crippen LogP contribution in [0.5, 0.6) is 0 Å². The third-order valence-electron chi connectivity index (χ3n) is 1.69. The quantitative estimate of drug-likeness (QED) is 0.449. The maximum Gasteiger partial charge on any atom is 0.0701 e. The van der Waals surface area contributed by atoms with Crippen molar-refractivity contribution in [2.75, 3.05) is 40.1 Å². The van der Waals surface area contributed by atoms with Gasteiger partial charge in [0.25, 0.3) is 0 Å². The van der Waals surface area contributed by atoms with Gasteiger partial charge in [-0.25, -0.2) is 0 Å². The van der Waals surface area contributed by atoms with Crippen molar-refractivity contribution in [3.05, 3.63) is 0 Å². The molecule has 1 atom stereocenters. The lowest BCUT2D eigenvalue weighted by Gasteiger charge is -2.06. The molecule has 0 aromatic heterocycles. The van der Waals surface area contributed by atoms with Gasteiger partial charge in [0, 0.05) is 18.5 Å². The zero-order chi connectivity index (χ0) is 10.6. The van der Waals surface area contributed by atoms with Gasteiger partial charge in [0.15, 0.2) is 0 Å². The predicted molar refractivity (Wildman–Crippen MR) is 61.1 cm³/mol. The Bertz CT molecular complexity index is 110. The minimum Gasteiger partial charge on any atom is -0.382 e. The minimum atomic E-state index is 0.587. The predicted octanol–water partition coefficient (Wildman–Crippen LogP) is 2.23. The molecule has 0 saturated carbocycles. The zero-order valence-electron chi connectivity index (χ0n) is 9.13. The Kier molecular flexibility index (Phi) is 11.7. The van der Waals surface area contributed by atoms with Gasteiger partial charge in [-0.15, -0.1) is 0 Å². The van der Waals surface area contributed by atoms with Crippen LogP contribution in [0, 0.1) is 0 Å². The highest BCUT2D eigenvalue weighted by Gasteiger charge is 1.95. The number of hydrogen-bond donors (Lipinski definition) is 0. The molecule has 0 aliphatic heterocycles. The molecule has 86 valence electrons. The maximum atomic E-state index is 5.38. The van der Waals surface area contributed by atoms with Crippen LogP contribution in [0.2, 0.25) is 0 Å². The number of ether oxygens (including phenoxy) is 3. The number of hydrogen-bond acceptors (Lipinski definition) is 3. The Morgan fingerprint density at radius 2 is 1.57 bits per heavy atom. The molecule has 4 heteroatoms. The summed E-state index contributed by atoms with van der Waals surface area (Å²) in [5, 5.41) is 0. The van der Waals surface area contributed by atoms with E-state index in [1.165, 1.54) is 0 Å². The van der Waals surface area contributed by atoms with Crippen LogP contribution in [0.1, 0.15) is 19.8 Å². The zero-order valence-corrected chi connectivity index (χ0v) is 10.7. The maximum absolute atomic E-state index is 5.38. The van der Waals surface area contributed by atoms with Gasteiger partial charge in [-0.05, 0) is 12.8 Å². The minimum absolute atomic E-state index is 0.587. The first-order valence-corrected chi connectivity index (χ1v) is 5.97. The highest BCUT2D eigenvalue weighted by molar-refractivity contribution is 9.09. The van der Waals surface area contributed by atoms with Crippen molar-refractivity contribution < 1.29 is 14.2 Å². The van der Waals surface area contributed by atoms with Crippen molar-refractivity contribution in [3.8, 4) is 0 Å². The molecule has 0 heterocycles. The van der Waals surface area contributed by atoms with Gasteiger partial charge in [-0.1, -0.05) is 22.9 Å². The van der Waals surface area contributed by atoms with E-state index in [1.807, 2.05) is 0 Å². The number of alkyl halides is 1. The molecule has 0 rings (SSSR count). The molecule has 0 fully saturated rings. The molecule has 0 aliphatic carbocycles. The molecule has 1 unspecified atom stereocenters. The standard InChI is InChI=1S/C10H21BrO3/c1-10(11)4-3-5-13-8-9-14-7-6-12-2/h10H,3-9H2,1-2H3. The average molecular weight is 269 g/mol. The van der Waals surface area contributed by atoms with Crippen molar-refractivity contribution >= 4 is 15.9 Å². The molecule has 0 bridgehead atoms. The second-order valence-electron chi connectivity index (χ2n) is 3.14. The molecule has 0 amide bonds. The Morgan fingerprint density at radius 3 is 2.14 bits per heavy atom. The molecule has 3 nitrogen and oxygen atoms in total. The summed E-state index contributed by atoms with van der Waals surface area (Å²) in [6, 6.07) is 0. The van der Waals surface area contributed by atoms with Gasteiger partial charge in [0.1, 0.15) is 0 Å². The van der Waals surface area contributed by atoms with E-state index >= 15 is 0 Å². The number of rotatable bonds is 10. The van der Waals surface area contributed by atoms with E-state index in [9.17, 15) is 0 Å². The Labute approximate surface area is 95.2 Å². The van der Waals surface area contributed by atoms with E-state index < -0.39 is 0 Å². The first kappa shape index (κ1) is 14.4. The Hall–Kier alpha value is 0.360. The average Bonchev–Trinajstić information content (AvgIpc) is 2.15. The van der Waals surface area contributed by atoms with Gasteiger partial charge in [0.2, 0.25) is 0 Å². The Balaban J connectivity index is 2.85. The number of halogens is 1. The van der Waals surface area contributed by atoms with E-state index in [0.717, 1.165) is 19.4 Å². The van der Waals surface area contributed by atoms with E-state index in [-0.39, 0.29) is 0 Å². The normalized spacial score (nSPS) is 13.1. The summed E-state index contributed by atoms with van der Waals surface area (Å²) in [6.07, 6.45) is 2.26. The van der Waals surface area contributed by atoms with Crippen molar-refractivity contribution in [2.24, 2.45) is 0 Å². The molecule has 0 spiro atoms. The monoisotopic (exact) mass is 268 g/mol. The summed E-state index contributed by atoms with van der Waals surface area (Å²) in [6.45, 7) is 5.62. The van der Waals surface area contributed by atoms with Crippen LogP contribution in [0.25, 0.3) is 0 Å². The van der Waals surface area contributed by atoms with Gasteiger partial charge >= 0.3 is 0 Å². The fraction of sp³-hybridized carbons (Fsp3) is 1.00. The van der Waals surface area contributed by atoms with Crippen molar-refractivity contribution in [3.63, 3.8) is 0 Å². The Morgan fingerprint density at radius 1 is 1.00 bits per heavy atom. The highest BCUT2D eigenvalue weighted by atomic mass is 79.9. The first-order valence-electron chi connectivity index (χ1n) is 5.06. The smallest absolute Gasteiger partial charge is 0.0701 e. The van der Waals surface area contributed by atoms with Crippen LogP contribution in [-0.4, -0.2) is 45.0 Å². The highest BCUT2D eigenvalue weighted by Crippen LogP contribution is 2.05. The molecular weight excluding hydrogens is 248 g/mol. The summed E-state index contributed by atoms with van der Waals surface area (Å²) in [4.78, 5) is 0.587. The van der Waals surface area contributed by atoms with E-state index in [4.69, 9.17) is 14.2 Å². The third kappa shape index (κ3) is 12.4. The fourth-order valence-corrected chi connectivity index (χ4v) is 1.25. The van der Waals surface area contributed by atoms with Crippen LogP contribution in [0.4, 0.5) is 0 Å². The van der Waals surface area contributed by atoms with Crippen molar-refractivity contribution in [1.82, 2.24) is 0 Å². The largest absolute Gasteiger partial charge is 0.382 e. The summed E-state index contributed by atoms with van der Waals surface area (Å²) in [5.41, 5.74) is 0. The van der Waals surface area contributed by atoms with E-state index in [2.05, 4.69) is 22.9 Å². The summed E-state index contributed by atoms with van der Waals surface area (Å²) >= 11 is 3.49. The van der Waals surface area contributed by atoms with Gasteiger partial charge in [-0.2, -0.15) is 0 Å². The van der Waals surface area contributed by atoms with Crippen LogP contribution in [0.15, 0.2) is 0 Å². The van der Waals surface area contributed by atoms with Crippen molar-refractivity contribution in [1.29, 1.82) is 0 Å². The lowest BCUT2D eigenvalue weighted by Crippen LogP contribution is -2.09. The van der Waals surface area contributed by atoms with Crippen LogP contribution >= 0.6 is 15.9 Å². The van der Waals surface area contributed by atoms with Gasteiger partial charge < -0.3 is 14.2 Å². The third-order valence-corrected chi connectivity index (χ3v) is 2.15. The molecule has 14 heavy (non-hydrogen) atoms. The summed E-state index contributed by atoms with van der Waals surface area (Å²) < 4.78 is 15.5. The molecule has 0 radical (unpaired) electrons. The fourth-order valence-electron chi connectivity index (χ4n) is 0.931.